The van der Waals surface area contributed by atoms with E-state index in [1.54, 1.807) is 11.4 Å². The topological polar surface area (TPSA) is 70.7 Å². The Morgan fingerprint density at radius 1 is 1.14 bits per heavy atom. The average molecular weight is 402 g/mol. The van der Waals surface area contributed by atoms with Gasteiger partial charge in [-0.1, -0.05) is 29.8 Å². The third-order valence-electron chi connectivity index (χ3n) is 4.86. The zero-order chi connectivity index (χ0) is 19.8. The smallest absolute Gasteiger partial charge is 0.252 e. The number of ether oxygens (including phenoxy) is 1. The first-order valence-electron chi connectivity index (χ1n) is 9.59. The second-order valence-electron chi connectivity index (χ2n) is 6.90. The molecule has 7 heteroatoms. The molecule has 150 valence electrons. The van der Waals surface area contributed by atoms with Gasteiger partial charge in [0.25, 0.3) is 5.91 Å². The number of hydrogen-bond donors (Lipinski definition) is 2. The molecule has 0 bridgehead atoms. The Labute approximate surface area is 169 Å². The minimum Gasteiger partial charge on any atom is -0.379 e. The van der Waals surface area contributed by atoms with Crippen LogP contribution < -0.4 is 10.6 Å². The lowest BCUT2D eigenvalue weighted by Crippen LogP contribution is -2.44. The Hall–Kier alpha value is -2.22. The molecule has 1 saturated heterocycles. The zero-order valence-corrected chi connectivity index (χ0v) is 17.0. The second-order valence-corrected chi connectivity index (χ2v) is 7.68. The normalized spacial score (nSPS) is 15.8. The Morgan fingerprint density at radius 3 is 2.57 bits per heavy atom. The minimum atomic E-state index is -0.139. The van der Waals surface area contributed by atoms with E-state index in [-0.39, 0.29) is 24.3 Å². The van der Waals surface area contributed by atoms with Crippen LogP contribution in [-0.4, -0.2) is 56.1 Å². The predicted molar refractivity (Wildman–Crippen MR) is 111 cm³/mol. The molecule has 0 spiro atoms. The first kappa shape index (κ1) is 20.5. The second kappa shape index (κ2) is 10.4. The molecule has 1 aromatic heterocycles. The van der Waals surface area contributed by atoms with Crippen LogP contribution in [0.2, 0.25) is 0 Å². The highest BCUT2D eigenvalue weighted by Gasteiger charge is 2.23. The standard InChI is InChI=1S/C21H27N3O3S/c1-16-2-4-17(5-3-16)19(24-9-11-27-12-10-24)14-23-20(25)6-8-22-21(26)18-7-13-28-15-18/h2-5,7,13,15,19H,6,8-12,14H2,1H3,(H,22,26)(H,23,25). The fourth-order valence-corrected chi connectivity index (χ4v) is 3.86. The number of rotatable bonds is 8. The van der Waals surface area contributed by atoms with Crippen molar-refractivity contribution < 1.29 is 14.3 Å². The Balaban J connectivity index is 1.50. The highest BCUT2D eigenvalue weighted by molar-refractivity contribution is 7.08. The summed E-state index contributed by atoms with van der Waals surface area (Å²) in [6.45, 7) is 6.07. The van der Waals surface area contributed by atoms with Crippen molar-refractivity contribution in [3.63, 3.8) is 0 Å². The minimum absolute atomic E-state index is 0.0593. The first-order valence-corrected chi connectivity index (χ1v) is 10.5. The number of carbonyl (C=O) groups excluding carboxylic acids is 2. The summed E-state index contributed by atoms with van der Waals surface area (Å²) in [6.07, 6.45) is 0.263. The molecule has 1 unspecified atom stereocenters. The molecular formula is C21H27N3O3S. The molecule has 0 radical (unpaired) electrons. The van der Waals surface area contributed by atoms with Gasteiger partial charge >= 0.3 is 0 Å². The first-order chi connectivity index (χ1) is 13.6. The van der Waals surface area contributed by atoms with Gasteiger partial charge in [0, 0.05) is 43.5 Å². The van der Waals surface area contributed by atoms with Crippen molar-refractivity contribution in [2.24, 2.45) is 0 Å². The van der Waals surface area contributed by atoms with E-state index in [9.17, 15) is 9.59 Å². The van der Waals surface area contributed by atoms with Gasteiger partial charge in [0.1, 0.15) is 0 Å². The van der Waals surface area contributed by atoms with Gasteiger partial charge in [-0.2, -0.15) is 11.3 Å². The van der Waals surface area contributed by atoms with Crippen molar-refractivity contribution in [1.82, 2.24) is 15.5 Å². The summed E-state index contributed by atoms with van der Waals surface area (Å²) >= 11 is 1.48. The highest BCUT2D eigenvalue weighted by atomic mass is 32.1. The third kappa shape index (κ3) is 5.89. The summed E-state index contributed by atoms with van der Waals surface area (Å²) < 4.78 is 5.47. The maximum Gasteiger partial charge on any atom is 0.252 e. The van der Waals surface area contributed by atoms with Crippen molar-refractivity contribution >= 4 is 23.2 Å². The summed E-state index contributed by atoms with van der Waals surface area (Å²) in [4.78, 5) is 26.6. The number of benzene rings is 1. The van der Waals surface area contributed by atoms with Crippen LogP contribution in [0.1, 0.15) is 33.9 Å². The number of aryl methyl sites for hydroxylation is 1. The maximum absolute atomic E-state index is 12.3. The van der Waals surface area contributed by atoms with Crippen molar-refractivity contribution in [3.8, 4) is 0 Å². The molecule has 0 aliphatic carbocycles. The number of nitrogens with zero attached hydrogens (tertiary/aromatic N) is 1. The monoisotopic (exact) mass is 401 g/mol. The predicted octanol–water partition coefficient (Wildman–Crippen LogP) is 2.37. The summed E-state index contributed by atoms with van der Waals surface area (Å²) in [5.74, 6) is -0.198. The molecule has 1 aliphatic rings. The lowest BCUT2D eigenvalue weighted by atomic mass is 10.0. The van der Waals surface area contributed by atoms with Gasteiger partial charge in [-0.05, 0) is 23.9 Å². The molecule has 2 aromatic rings. The van der Waals surface area contributed by atoms with E-state index < -0.39 is 0 Å². The van der Waals surface area contributed by atoms with Crippen molar-refractivity contribution in [1.29, 1.82) is 0 Å². The number of thiophene rings is 1. The van der Waals surface area contributed by atoms with Crippen molar-refractivity contribution in [2.75, 3.05) is 39.4 Å². The Bertz CT molecular complexity index is 756. The molecule has 1 atom stereocenters. The van der Waals surface area contributed by atoms with Gasteiger partial charge in [0.2, 0.25) is 5.91 Å². The fourth-order valence-electron chi connectivity index (χ4n) is 3.22. The molecule has 1 aliphatic heterocycles. The molecule has 2 heterocycles. The molecule has 6 nitrogen and oxygen atoms in total. The van der Waals surface area contributed by atoms with E-state index in [2.05, 4.69) is 46.7 Å². The molecule has 1 aromatic carbocycles. The van der Waals surface area contributed by atoms with Crippen molar-refractivity contribution in [3.05, 3.63) is 57.8 Å². The molecule has 3 rings (SSSR count). The van der Waals surface area contributed by atoms with Crippen LogP contribution in [0.3, 0.4) is 0 Å². The van der Waals surface area contributed by atoms with Gasteiger partial charge in [-0.15, -0.1) is 0 Å². The number of nitrogens with one attached hydrogen (secondary N) is 2. The molecule has 28 heavy (non-hydrogen) atoms. The van der Waals surface area contributed by atoms with Gasteiger partial charge in [-0.25, -0.2) is 0 Å². The Morgan fingerprint density at radius 2 is 1.89 bits per heavy atom. The van der Waals surface area contributed by atoms with E-state index in [4.69, 9.17) is 4.74 Å². The molecule has 2 amide bonds. The van der Waals surface area contributed by atoms with Crippen LogP contribution >= 0.6 is 11.3 Å². The number of morpholine rings is 1. The van der Waals surface area contributed by atoms with Crippen LogP contribution in [-0.2, 0) is 9.53 Å². The van der Waals surface area contributed by atoms with Crippen molar-refractivity contribution in [2.45, 2.75) is 19.4 Å². The molecule has 1 fully saturated rings. The SMILES string of the molecule is Cc1ccc(C(CNC(=O)CCNC(=O)c2ccsc2)N2CCOCC2)cc1. The quantitative estimate of drug-likeness (QED) is 0.712. The van der Waals surface area contributed by atoms with E-state index in [0.717, 1.165) is 13.1 Å². The van der Waals surface area contributed by atoms with E-state index in [0.29, 0.717) is 31.9 Å². The van der Waals surface area contributed by atoms with Crippen LogP contribution in [0.25, 0.3) is 0 Å². The van der Waals surface area contributed by atoms with Gasteiger partial charge in [0.15, 0.2) is 0 Å². The molecular weight excluding hydrogens is 374 g/mol. The lowest BCUT2D eigenvalue weighted by Gasteiger charge is -2.35. The van der Waals surface area contributed by atoms with Gasteiger partial charge in [0.05, 0.1) is 19.3 Å². The maximum atomic E-state index is 12.3. The van der Waals surface area contributed by atoms with Crippen LogP contribution in [0, 0.1) is 6.92 Å². The highest BCUT2D eigenvalue weighted by Crippen LogP contribution is 2.21. The van der Waals surface area contributed by atoms with E-state index in [1.165, 1.54) is 22.5 Å². The van der Waals surface area contributed by atoms with Gasteiger partial charge in [-0.3, -0.25) is 14.5 Å². The zero-order valence-electron chi connectivity index (χ0n) is 16.1. The van der Waals surface area contributed by atoms with Gasteiger partial charge < -0.3 is 15.4 Å². The molecule has 0 saturated carbocycles. The number of amides is 2. The van der Waals surface area contributed by atoms with Crippen LogP contribution in [0.4, 0.5) is 0 Å². The van der Waals surface area contributed by atoms with E-state index in [1.807, 2.05) is 5.38 Å². The molecule has 2 N–H and O–H groups in total. The number of carbonyl (C=O) groups is 2. The van der Waals surface area contributed by atoms with Crippen LogP contribution in [0.15, 0.2) is 41.1 Å². The average Bonchev–Trinajstić information content (AvgIpc) is 3.25. The summed E-state index contributed by atoms with van der Waals surface area (Å²) in [7, 11) is 0. The summed E-state index contributed by atoms with van der Waals surface area (Å²) in [5.41, 5.74) is 3.05. The fraction of sp³-hybridized carbons (Fsp3) is 0.429. The largest absolute Gasteiger partial charge is 0.379 e. The third-order valence-corrected chi connectivity index (χ3v) is 5.55. The number of hydrogen-bond acceptors (Lipinski definition) is 5. The lowest BCUT2D eigenvalue weighted by molar-refractivity contribution is -0.121. The van der Waals surface area contributed by atoms with Crippen LogP contribution in [0.5, 0.6) is 0 Å². The summed E-state index contributed by atoms with van der Waals surface area (Å²) in [5, 5.41) is 9.47. The van der Waals surface area contributed by atoms with E-state index >= 15 is 0 Å². The summed E-state index contributed by atoms with van der Waals surface area (Å²) in [6, 6.07) is 10.4. The Kier molecular flexibility index (Phi) is 7.59.